The zero-order valence-electron chi connectivity index (χ0n) is 6.90. The number of nitrogens with one attached hydrogen (secondary N) is 1. The quantitative estimate of drug-likeness (QED) is 0.619. The first-order valence-electron chi connectivity index (χ1n) is 3.79. The molecule has 1 aromatic heterocycles. The lowest BCUT2D eigenvalue weighted by Gasteiger charge is -2.02. The summed E-state index contributed by atoms with van der Waals surface area (Å²) in [5, 5.41) is 19.9. The van der Waals surface area contributed by atoms with Gasteiger partial charge in [0.05, 0.1) is 6.61 Å². The molecule has 0 aliphatic carbocycles. The summed E-state index contributed by atoms with van der Waals surface area (Å²) in [5.74, 6) is -0.610. The van der Waals surface area contributed by atoms with Gasteiger partial charge >= 0.3 is 5.97 Å². The van der Waals surface area contributed by atoms with Gasteiger partial charge in [0.15, 0.2) is 5.69 Å². The van der Waals surface area contributed by atoms with Crippen molar-refractivity contribution in [1.29, 1.82) is 0 Å². The van der Waals surface area contributed by atoms with Crippen LogP contribution in [-0.4, -0.2) is 34.3 Å². The molecule has 0 bridgehead atoms. The zero-order chi connectivity index (χ0) is 9.68. The number of pyridine rings is 1. The number of rotatable bonds is 4. The molecule has 0 unspecified atom stereocenters. The first kappa shape index (κ1) is 9.47. The van der Waals surface area contributed by atoms with E-state index in [-0.39, 0.29) is 12.3 Å². The van der Waals surface area contributed by atoms with Crippen LogP contribution in [-0.2, 0) is 0 Å². The summed E-state index contributed by atoms with van der Waals surface area (Å²) in [6.45, 7) is 0.342. The first-order valence-corrected chi connectivity index (χ1v) is 3.79. The monoisotopic (exact) mass is 182 g/mol. The van der Waals surface area contributed by atoms with Crippen molar-refractivity contribution >= 4 is 11.8 Å². The molecule has 5 heteroatoms. The van der Waals surface area contributed by atoms with Crippen LogP contribution in [0.2, 0.25) is 0 Å². The third kappa shape index (κ3) is 2.72. The fourth-order valence-electron chi connectivity index (χ4n) is 0.836. The molecule has 0 saturated heterocycles. The van der Waals surface area contributed by atoms with Gasteiger partial charge in [-0.15, -0.1) is 0 Å². The molecule has 70 valence electrons. The molecule has 0 saturated carbocycles. The summed E-state index contributed by atoms with van der Waals surface area (Å²) in [4.78, 5) is 14.3. The third-order valence-corrected chi connectivity index (χ3v) is 1.39. The summed E-state index contributed by atoms with van der Waals surface area (Å²) in [7, 11) is 0. The predicted octanol–water partition coefficient (Wildman–Crippen LogP) is 0.184. The second-order valence-corrected chi connectivity index (χ2v) is 2.36. The van der Waals surface area contributed by atoms with Crippen LogP contribution < -0.4 is 5.32 Å². The minimum absolute atomic E-state index is 0.0112. The van der Waals surface area contributed by atoms with Crippen LogP contribution >= 0.6 is 0 Å². The lowest BCUT2D eigenvalue weighted by atomic mass is 10.3. The van der Waals surface area contributed by atoms with Gasteiger partial charge in [0.1, 0.15) is 5.82 Å². The number of anilines is 1. The van der Waals surface area contributed by atoms with E-state index in [0.29, 0.717) is 12.4 Å². The maximum absolute atomic E-state index is 10.5. The van der Waals surface area contributed by atoms with E-state index in [0.717, 1.165) is 0 Å². The van der Waals surface area contributed by atoms with Gasteiger partial charge in [0.25, 0.3) is 0 Å². The number of carbonyl (C=O) groups is 1. The molecule has 5 nitrogen and oxygen atoms in total. The van der Waals surface area contributed by atoms with Gasteiger partial charge in [0.2, 0.25) is 0 Å². The average molecular weight is 182 g/mol. The predicted molar refractivity (Wildman–Crippen MR) is 46.8 cm³/mol. The number of aromatic nitrogens is 1. The highest BCUT2D eigenvalue weighted by Gasteiger charge is 2.03. The number of hydrogen-bond acceptors (Lipinski definition) is 4. The number of aromatic carboxylic acids is 1. The molecule has 3 N–H and O–H groups in total. The Morgan fingerprint density at radius 1 is 1.54 bits per heavy atom. The van der Waals surface area contributed by atoms with Crippen molar-refractivity contribution < 1.29 is 15.0 Å². The molecule has 0 atom stereocenters. The second kappa shape index (κ2) is 4.42. The molecule has 0 radical (unpaired) electrons. The SMILES string of the molecule is O=C(O)c1cccc(NCCO)n1. The molecule has 1 heterocycles. The van der Waals surface area contributed by atoms with Gasteiger partial charge in [-0.3, -0.25) is 0 Å². The summed E-state index contributed by atoms with van der Waals surface area (Å²) >= 11 is 0. The van der Waals surface area contributed by atoms with Crippen molar-refractivity contribution in [3.05, 3.63) is 23.9 Å². The second-order valence-electron chi connectivity index (χ2n) is 2.36. The van der Waals surface area contributed by atoms with Crippen LogP contribution in [0.4, 0.5) is 5.82 Å². The Bertz CT molecular complexity index is 301. The van der Waals surface area contributed by atoms with Crippen LogP contribution in [0.5, 0.6) is 0 Å². The number of nitrogens with zero attached hydrogens (tertiary/aromatic N) is 1. The van der Waals surface area contributed by atoms with Crippen molar-refractivity contribution in [1.82, 2.24) is 4.98 Å². The van der Waals surface area contributed by atoms with Gasteiger partial charge in [0, 0.05) is 6.54 Å². The Hall–Kier alpha value is -1.62. The zero-order valence-corrected chi connectivity index (χ0v) is 6.90. The standard InChI is InChI=1S/C8H10N2O3/c11-5-4-9-7-3-1-2-6(10-7)8(12)13/h1-3,11H,4-5H2,(H,9,10)(H,12,13). The molecule has 1 aromatic rings. The summed E-state index contributed by atoms with van der Waals surface area (Å²) in [6.07, 6.45) is 0. The van der Waals surface area contributed by atoms with Gasteiger partial charge in [-0.25, -0.2) is 9.78 Å². The Morgan fingerprint density at radius 2 is 2.31 bits per heavy atom. The Balaban J connectivity index is 2.73. The van der Waals surface area contributed by atoms with E-state index in [4.69, 9.17) is 10.2 Å². The van der Waals surface area contributed by atoms with Crippen molar-refractivity contribution in [3.8, 4) is 0 Å². The van der Waals surface area contributed by atoms with Crippen molar-refractivity contribution in [2.24, 2.45) is 0 Å². The molecular weight excluding hydrogens is 172 g/mol. The van der Waals surface area contributed by atoms with Crippen LogP contribution in [0.1, 0.15) is 10.5 Å². The summed E-state index contributed by atoms with van der Waals surface area (Å²) < 4.78 is 0. The van der Waals surface area contributed by atoms with Crippen molar-refractivity contribution in [2.75, 3.05) is 18.5 Å². The molecule has 0 fully saturated rings. The van der Waals surface area contributed by atoms with E-state index in [2.05, 4.69) is 10.3 Å². The van der Waals surface area contributed by atoms with E-state index in [1.807, 2.05) is 0 Å². The number of carboxylic acid groups (broad SMARTS) is 1. The third-order valence-electron chi connectivity index (χ3n) is 1.39. The molecular formula is C8H10N2O3. The summed E-state index contributed by atoms with van der Waals surface area (Å²) in [6, 6.07) is 4.64. The number of aliphatic hydroxyl groups excluding tert-OH is 1. The average Bonchev–Trinajstić information content (AvgIpc) is 2.15. The highest BCUT2D eigenvalue weighted by molar-refractivity contribution is 5.85. The number of hydrogen-bond donors (Lipinski definition) is 3. The van der Waals surface area contributed by atoms with E-state index < -0.39 is 5.97 Å². The molecule has 1 rings (SSSR count). The lowest BCUT2D eigenvalue weighted by Crippen LogP contribution is -2.09. The van der Waals surface area contributed by atoms with E-state index in [1.165, 1.54) is 6.07 Å². The van der Waals surface area contributed by atoms with E-state index >= 15 is 0 Å². The fourth-order valence-corrected chi connectivity index (χ4v) is 0.836. The molecule has 0 aromatic carbocycles. The van der Waals surface area contributed by atoms with Gasteiger partial charge < -0.3 is 15.5 Å². The smallest absolute Gasteiger partial charge is 0.354 e. The Labute approximate surface area is 75.0 Å². The minimum Gasteiger partial charge on any atom is -0.477 e. The van der Waals surface area contributed by atoms with Gasteiger partial charge in [-0.2, -0.15) is 0 Å². The van der Waals surface area contributed by atoms with Crippen LogP contribution in [0, 0.1) is 0 Å². The van der Waals surface area contributed by atoms with Gasteiger partial charge in [-0.1, -0.05) is 6.07 Å². The highest BCUT2D eigenvalue weighted by Crippen LogP contribution is 2.03. The topological polar surface area (TPSA) is 82.5 Å². The van der Waals surface area contributed by atoms with Crippen molar-refractivity contribution in [2.45, 2.75) is 0 Å². The van der Waals surface area contributed by atoms with E-state index in [1.54, 1.807) is 12.1 Å². The molecule has 0 spiro atoms. The minimum atomic E-state index is -1.06. The maximum Gasteiger partial charge on any atom is 0.354 e. The number of aliphatic hydroxyl groups is 1. The number of carboxylic acids is 1. The Kier molecular flexibility index (Phi) is 3.22. The molecule has 0 aliphatic heterocycles. The normalized spacial score (nSPS) is 9.62. The summed E-state index contributed by atoms with van der Waals surface area (Å²) in [5.41, 5.74) is -0.0112. The fraction of sp³-hybridized carbons (Fsp3) is 0.250. The van der Waals surface area contributed by atoms with Crippen molar-refractivity contribution in [3.63, 3.8) is 0 Å². The largest absolute Gasteiger partial charge is 0.477 e. The molecule has 13 heavy (non-hydrogen) atoms. The van der Waals surface area contributed by atoms with Crippen LogP contribution in [0.3, 0.4) is 0 Å². The van der Waals surface area contributed by atoms with Crippen LogP contribution in [0.25, 0.3) is 0 Å². The highest BCUT2D eigenvalue weighted by atomic mass is 16.4. The van der Waals surface area contributed by atoms with E-state index in [9.17, 15) is 4.79 Å². The van der Waals surface area contributed by atoms with Gasteiger partial charge in [-0.05, 0) is 12.1 Å². The maximum atomic E-state index is 10.5. The first-order chi connectivity index (χ1) is 6.24. The van der Waals surface area contributed by atoms with Crippen LogP contribution in [0.15, 0.2) is 18.2 Å². The lowest BCUT2D eigenvalue weighted by molar-refractivity contribution is 0.0690. The Morgan fingerprint density at radius 3 is 2.92 bits per heavy atom. The molecule has 0 aliphatic rings. The molecule has 0 amide bonds.